The first kappa shape index (κ1) is 22.4. The molecule has 5 N–H and O–H groups in total. The Labute approximate surface area is 164 Å². The molecule has 0 saturated heterocycles. The number of ether oxygens (including phenoxy) is 1. The van der Waals surface area contributed by atoms with Crippen LogP contribution in [-0.2, 0) is 9.53 Å². The van der Waals surface area contributed by atoms with Crippen LogP contribution in [0.3, 0.4) is 0 Å². The first-order valence-corrected chi connectivity index (χ1v) is 9.33. The zero-order valence-electron chi connectivity index (χ0n) is 16.1. The summed E-state index contributed by atoms with van der Waals surface area (Å²) in [4.78, 5) is 13.1. The number of benzene rings is 1. The van der Waals surface area contributed by atoms with E-state index in [2.05, 4.69) is 10.7 Å². The highest BCUT2D eigenvalue weighted by molar-refractivity contribution is 8.04. The summed E-state index contributed by atoms with van der Waals surface area (Å²) in [5.74, 6) is 5.58. The highest BCUT2D eigenvalue weighted by atomic mass is 32.2. The number of rotatable bonds is 5. The predicted octanol–water partition coefficient (Wildman–Crippen LogP) is 4.37. The van der Waals surface area contributed by atoms with E-state index < -0.39 is 0 Å². The predicted molar refractivity (Wildman–Crippen MR) is 112 cm³/mol. The Kier molecular flexibility index (Phi) is 9.85. The van der Waals surface area contributed by atoms with Gasteiger partial charge in [0.25, 0.3) is 5.91 Å². The van der Waals surface area contributed by atoms with E-state index in [1.807, 2.05) is 63.3 Å². The van der Waals surface area contributed by atoms with E-state index in [1.54, 1.807) is 13.0 Å². The van der Waals surface area contributed by atoms with Gasteiger partial charge in [-0.1, -0.05) is 42.1 Å². The molecule has 0 spiro atoms. The standard InChI is InChI=1S/C10H11N3OS.C10H16O2/c1-6-9(10(14)13-11)15-8-5-3-2-4-7(8)12-6;1-4-6-7-8-10(9(3)11)12-5-2/h2-5,12H,11H2,1H3,(H,13,14);4,6-8,11H,5H2,1-3H3/b;6-4+,8-7-,10-9-. The third-order valence-electron chi connectivity index (χ3n) is 3.31. The summed E-state index contributed by atoms with van der Waals surface area (Å²) in [5, 5.41) is 12.3. The lowest BCUT2D eigenvalue weighted by Crippen LogP contribution is -2.32. The van der Waals surface area contributed by atoms with Crippen LogP contribution in [0.4, 0.5) is 5.69 Å². The number of carbonyl (C=O) groups is 1. The first-order chi connectivity index (χ1) is 12.9. The molecule has 0 unspecified atom stereocenters. The van der Waals surface area contributed by atoms with Gasteiger partial charge in [-0.3, -0.25) is 10.2 Å². The Morgan fingerprint density at radius 3 is 2.67 bits per heavy atom. The Morgan fingerprint density at radius 2 is 2.07 bits per heavy atom. The molecule has 27 heavy (non-hydrogen) atoms. The number of hydrogen-bond donors (Lipinski definition) is 4. The van der Waals surface area contributed by atoms with Crippen LogP contribution in [0, 0.1) is 0 Å². The molecule has 0 aliphatic carbocycles. The second-order valence-corrected chi connectivity index (χ2v) is 6.47. The maximum atomic E-state index is 11.4. The second kappa shape index (κ2) is 11.9. The van der Waals surface area contributed by atoms with Gasteiger partial charge in [-0.05, 0) is 45.9 Å². The summed E-state index contributed by atoms with van der Waals surface area (Å²) in [7, 11) is 0. The van der Waals surface area contributed by atoms with Crippen molar-refractivity contribution in [2.24, 2.45) is 5.84 Å². The number of carbonyl (C=O) groups excluding carboxylic acids is 1. The van der Waals surface area contributed by atoms with Crippen molar-refractivity contribution in [3.63, 3.8) is 0 Å². The number of hydrazine groups is 1. The van der Waals surface area contributed by atoms with E-state index in [0.29, 0.717) is 17.3 Å². The fourth-order valence-electron chi connectivity index (χ4n) is 2.07. The lowest BCUT2D eigenvalue weighted by molar-refractivity contribution is -0.116. The molecule has 1 amide bonds. The van der Waals surface area contributed by atoms with E-state index in [4.69, 9.17) is 15.7 Å². The summed E-state index contributed by atoms with van der Waals surface area (Å²) < 4.78 is 5.16. The number of nitrogens with one attached hydrogen (secondary N) is 2. The minimum atomic E-state index is -0.264. The lowest BCUT2D eigenvalue weighted by atomic mass is 10.3. The van der Waals surface area contributed by atoms with Gasteiger partial charge in [0.2, 0.25) is 0 Å². The number of amides is 1. The molecule has 7 heteroatoms. The monoisotopic (exact) mass is 389 g/mol. The SMILES string of the molecule is C/C=C/C=C\C(OCC)=C(/C)O.CC1=C(C(=O)NN)Sc2ccccc2N1. The molecule has 0 radical (unpaired) electrons. The van der Waals surface area contributed by atoms with E-state index in [0.717, 1.165) is 16.3 Å². The number of hydrogen-bond acceptors (Lipinski definition) is 6. The molecule has 1 aromatic carbocycles. The zero-order chi connectivity index (χ0) is 20.2. The molecule has 0 fully saturated rings. The van der Waals surface area contributed by atoms with Gasteiger partial charge in [0, 0.05) is 10.6 Å². The smallest absolute Gasteiger partial charge is 0.273 e. The molecule has 0 bridgehead atoms. The molecule has 1 aliphatic heterocycles. The average molecular weight is 390 g/mol. The number of allylic oxidation sites excluding steroid dienone is 6. The molecule has 2 rings (SSSR count). The summed E-state index contributed by atoms with van der Waals surface area (Å²) in [6.07, 6.45) is 7.35. The number of aliphatic hydroxyl groups excluding tert-OH is 1. The maximum Gasteiger partial charge on any atom is 0.273 e. The molecule has 1 heterocycles. The second-order valence-electron chi connectivity index (χ2n) is 5.42. The van der Waals surface area contributed by atoms with Crippen molar-refractivity contribution in [2.75, 3.05) is 11.9 Å². The van der Waals surface area contributed by atoms with Crippen LogP contribution in [0.5, 0.6) is 0 Å². The van der Waals surface area contributed by atoms with Crippen LogP contribution in [-0.4, -0.2) is 17.6 Å². The van der Waals surface area contributed by atoms with Gasteiger partial charge in [-0.15, -0.1) is 0 Å². The number of para-hydroxylation sites is 1. The van der Waals surface area contributed by atoms with Crippen LogP contribution < -0.4 is 16.6 Å². The Balaban J connectivity index is 0.000000279. The van der Waals surface area contributed by atoms with Gasteiger partial charge >= 0.3 is 0 Å². The van der Waals surface area contributed by atoms with Crippen LogP contribution >= 0.6 is 11.8 Å². The van der Waals surface area contributed by atoms with Gasteiger partial charge in [0.1, 0.15) is 5.76 Å². The molecular formula is C20H27N3O3S. The Hall–Kier alpha value is -2.64. The van der Waals surface area contributed by atoms with Crippen molar-refractivity contribution in [2.45, 2.75) is 32.6 Å². The van der Waals surface area contributed by atoms with Gasteiger partial charge in [0.05, 0.1) is 17.2 Å². The molecule has 0 atom stereocenters. The fraction of sp³-hybridized carbons (Fsp3) is 0.250. The molecule has 1 aliphatic rings. The Morgan fingerprint density at radius 1 is 1.37 bits per heavy atom. The van der Waals surface area contributed by atoms with E-state index >= 15 is 0 Å². The van der Waals surface area contributed by atoms with Crippen molar-refractivity contribution in [3.8, 4) is 0 Å². The van der Waals surface area contributed by atoms with Crippen molar-refractivity contribution >= 4 is 23.4 Å². The Bertz CT molecular complexity index is 763. The van der Waals surface area contributed by atoms with E-state index in [1.165, 1.54) is 11.8 Å². The number of anilines is 1. The lowest BCUT2D eigenvalue weighted by Gasteiger charge is -2.20. The van der Waals surface area contributed by atoms with Crippen molar-refractivity contribution < 1.29 is 14.6 Å². The largest absolute Gasteiger partial charge is 0.509 e. The van der Waals surface area contributed by atoms with Gasteiger partial charge < -0.3 is 15.2 Å². The quantitative estimate of drug-likeness (QED) is 0.196. The van der Waals surface area contributed by atoms with E-state index in [-0.39, 0.29) is 11.7 Å². The number of fused-ring (bicyclic) bond motifs is 1. The van der Waals surface area contributed by atoms with Gasteiger partial charge in [0.15, 0.2) is 5.76 Å². The third kappa shape index (κ3) is 7.24. The van der Waals surface area contributed by atoms with Crippen LogP contribution in [0.25, 0.3) is 0 Å². The number of nitrogens with two attached hydrogens (primary N) is 1. The number of thioether (sulfide) groups is 1. The number of aliphatic hydroxyl groups is 1. The highest BCUT2D eigenvalue weighted by Crippen LogP contribution is 2.39. The minimum Gasteiger partial charge on any atom is -0.509 e. The van der Waals surface area contributed by atoms with Crippen molar-refractivity contribution in [1.29, 1.82) is 0 Å². The highest BCUT2D eigenvalue weighted by Gasteiger charge is 2.20. The van der Waals surface area contributed by atoms with Crippen LogP contribution in [0.1, 0.15) is 27.7 Å². The van der Waals surface area contributed by atoms with Crippen molar-refractivity contribution in [3.05, 3.63) is 70.7 Å². The molecule has 1 aromatic rings. The zero-order valence-corrected chi connectivity index (χ0v) is 16.9. The van der Waals surface area contributed by atoms with Gasteiger partial charge in [-0.25, -0.2) is 5.84 Å². The maximum absolute atomic E-state index is 11.4. The molecule has 0 saturated carbocycles. The first-order valence-electron chi connectivity index (χ1n) is 8.52. The molecular weight excluding hydrogens is 362 g/mol. The van der Waals surface area contributed by atoms with E-state index in [9.17, 15) is 4.79 Å². The minimum absolute atomic E-state index is 0.206. The summed E-state index contributed by atoms with van der Waals surface area (Å²) in [5.41, 5.74) is 3.98. The fourth-order valence-corrected chi connectivity index (χ4v) is 3.02. The molecule has 146 valence electrons. The topological polar surface area (TPSA) is 96.6 Å². The average Bonchev–Trinajstić information content (AvgIpc) is 2.66. The molecule has 0 aromatic heterocycles. The molecule has 6 nitrogen and oxygen atoms in total. The third-order valence-corrected chi connectivity index (χ3v) is 4.58. The van der Waals surface area contributed by atoms with Crippen LogP contribution in [0.2, 0.25) is 0 Å². The van der Waals surface area contributed by atoms with Gasteiger partial charge in [-0.2, -0.15) is 0 Å². The summed E-state index contributed by atoms with van der Waals surface area (Å²) >= 11 is 1.42. The van der Waals surface area contributed by atoms with Crippen LogP contribution in [0.15, 0.2) is 75.6 Å². The normalized spacial score (nSPS) is 14.1. The summed E-state index contributed by atoms with van der Waals surface area (Å²) in [6, 6.07) is 7.83. The van der Waals surface area contributed by atoms with Crippen molar-refractivity contribution in [1.82, 2.24) is 5.43 Å². The summed E-state index contributed by atoms with van der Waals surface area (Å²) in [6.45, 7) is 7.83.